The largest absolute Gasteiger partial charge is 0.427 e. The third-order valence-electron chi connectivity index (χ3n) is 7.43. The molecule has 2 fully saturated rings. The lowest BCUT2D eigenvalue weighted by Gasteiger charge is -2.54. The number of hydrogen-bond acceptors (Lipinski definition) is 4. The van der Waals surface area contributed by atoms with Crippen LogP contribution in [0.5, 0.6) is 0 Å². The highest BCUT2D eigenvalue weighted by atomic mass is 16.5. The van der Waals surface area contributed by atoms with Crippen LogP contribution in [0.3, 0.4) is 0 Å². The third kappa shape index (κ3) is 2.23. The number of unbranched alkanes of at least 4 members (excludes halogenated alkanes) is 2. The first-order chi connectivity index (χ1) is 13.6. The van der Waals surface area contributed by atoms with Crippen molar-refractivity contribution in [3.63, 3.8) is 0 Å². The zero-order valence-electron chi connectivity index (χ0n) is 16.8. The van der Waals surface area contributed by atoms with Gasteiger partial charge >= 0.3 is 11.9 Å². The van der Waals surface area contributed by atoms with Gasteiger partial charge in [0.25, 0.3) is 0 Å². The SMILES string of the molecule is CCC/C=C1\OC(=O)C2=C[C@H]3CC[C@]21C1C2=C(CC[C@H]13)/C(=C\CCC)OC2=O. The molecule has 0 N–H and O–H groups in total. The fourth-order valence-electron chi connectivity index (χ4n) is 6.29. The fraction of sp³-hybridized carbons (Fsp3) is 0.583. The summed E-state index contributed by atoms with van der Waals surface area (Å²) in [6, 6.07) is 0. The van der Waals surface area contributed by atoms with E-state index in [1.165, 1.54) is 0 Å². The zero-order chi connectivity index (χ0) is 19.5. The summed E-state index contributed by atoms with van der Waals surface area (Å²) in [6.07, 6.45) is 14.1. The molecule has 1 saturated heterocycles. The summed E-state index contributed by atoms with van der Waals surface area (Å²) in [7, 11) is 0. The number of hydrogen-bond donors (Lipinski definition) is 0. The van der Waals surface area contributed by atoms with Gasteiger partial charge in [-0.1, -0.05) is 32.8 Å². The summed E-state index contributed by atoms with van der Waals surface area (Å²) in [4.78, 5) is 25.8. The Morgan fingerprint density at radius 3 is 2.64 bits per heavy atom. The molecule has 4 atom stereocenters. The Kier molecular flexibility index (Phi) is 4.15. The van der Waals surface area contributed by atoms with E-state index in [4.69, 9.17) is 9.47 Å². The molecule has 2 bridgehead atoms. The Morgan fingerprint density at radius 2 is 1.86 bits per heavy atom. The van der Waals surface area contributed by atoms with E-state index in [9.17, 15) is 9.59 Å². The standard InChI is InChI=1S/C24H28O4/c1-3-5-7-18-16-10-9-15-14-11-12-24(21(15)20(16)23(26)27-18)17(13-14)22(25)28-19(24)8-6-4-2/h7-8,13-15,21H,3-6,9-12H2,1-2H3/b18-7+,19-8-/t14-,15+,21?,24+/m1/s1. The molecule has 6 aliphatic rings. The van der Waals surface area contributed by atoms with E-state index >= 15 is 0 Å². The van der Waals surface area contributed by atoms with Crippen LogP contribution < -0.4 is 0 Å². The molecule has 2 aliphatic heterocycles. The topological polar surface area (TPSA) is 52.6 Å². The Labute approximate surface area is 166 Å². The Hall–Kier alpha value is -2.10. The zero-order valence-corrected chi connectivity index (χ0v) is 16.8. The number of allylic oxidation sites excluding steroid dienone is 5. The summed E-state index contributed by atoms with van der Waals surface area (Å²) in [5.74, 6) is 1.96. The molecule has 0 radical (unpaired) electrons. The van der Waals surface area contributed by atoms with E-state index in [1.54, 1.807) is 0 Å². The average Bonchev–Trinajstić information content (AvgIpc) is 3.19. The van der Waals surface area contributed by atoms with Crippen molar-refractivity contribution in [1.82, 2.24) is 0 Å². The van der Waals surface area contributed by atoms with E-state index in [0.29, 0.717) is 11.8 Å². The normalized spacial score (nSPS) is 38.4. The van der Waals surface area contributed by atoms with E-state index in [2.05, 4.69) is 32.1 Å². The van der Waals surface area contributed by atoms with Crippen LogP contribution in [-0.4, -0.2) is 11.9 Å². The Balaban J connectivity index is 1.68. The maximum Gasteiger partial charge on any atom is 0.340 e. The monoisotopic (exact) mass is 380 g/mol. The van der Waals surface area contributed by atoms with Crippen LogP contribution in [-0.2, 0) is 19.1 Å². The predicted octanol–water partition coefficient (Wildman–Crippen LogP) is 5.13. The molecule has 4 nitrogen and oxygen atoms in total. The highest BCUT2D eigenvalue weighted by molar-refractivity contribution is 5.99. The van der Waals surface area contributed by atoms with Gasteiger partial charge in [0.15, 0.2) is 0 Å². The average molecular weight is 380 g/mol. The number of carbonyl (C=O) groups excluding carboxylic acids is 2. The van der Waals surface area contributed by atoms with Crippen molar-refractivity contribution < 1.29 is 19.1 Å². The van der Waals surface area contributed by atoms with E-state index in [1.807, 2.05) is 0 Å². The lowest BCUT2D eigenvalue weighted by molar-refractivity contribution is -0.135. The fourth-order valence-corrected chi connectivity index (χ4v) is 6.29. The van der Waals surface area contributed by atoms with Crippen molar-refractivity contribution in [3.8, 4) is 0 Å². The number of fused-ring (bicyclic) bond motifs is 1. The summed E-state index contributed by atoms with van der Waals surface area (Å²) in [6.45, 7) is 4.26. The van der Waals surface area contributed by atoms with Crippen molar-refractivity contribution in [2.24, 2.45) is 23.2 Å². The lowest BCUT2D eigenvalue weighted by atomic mass is 9.47. The van der Waals surface area contributed by atoms with Crippen LogP contribution in [0.4, 0.5) is 0 Å². The lowest BCUT2D eigenvalue weighted by Crippen LogP contribution is -2.50. The van der Waals surface area contributed by atoms with Gasteiger partial charge in [0.1, 0.15) is 11.5 Å². The number of esters is 2. The molecule has 4 aliphatic carbocycles. The molecular formula is C24H28O4. The van der Waals surface area contributed by atoms with Gasteiger partial charge in [-0.05, 0) is 62.5 Å². The van der Waals surface area contributed by atoms with Crippen LogP contribution in [0.2, 0.25) is 0 Å². The summed E-state index contributed by atoms with van der Waals surface area (Å²) in [5.41, 5.74) is 2.29. The van der Waals surface area contributed by atoms with Gasteiger partial charge < -0.3 is 9.47 Å². The quantitative estimate of drug-likeness (QED) is 0.635. The number of cyclic esters (lactones) is 2. The van der Waals surface area contributed by atoms with Gasteiger partial charge in [0, 0.05) is 22.6 Å². The van der Waals surface area contributed by atoms with E-state index < -0.39 is 5.41 Å². The van der Waals surface area contributed by atoms with E-state index in [0.717, 1.165) is 79.6 Å². The maximum atomic E-state index is 13.0. The predicted molar refractivity (Wildman–Crippen MR) is 105 cm³/mol. The second-order valence-electron chi connectivity index (χ2n) is 8.82. The minimum absolute atomic E-state index is 0.0181. The number of carbonyl (C=O) groups is 2. The molecule has 0 aromatic heterocycles. The van der Waals surface area contributed by atoms with Crippen LogP contribution >= 0.6 is 0 Å². The highest BCUT2D eigenvalue weighted by Crippen LogP contribution is 2.68. The van der Waals surface area contributed by atoms with Gasteiger partial charge in [-0.15, -0.1) is 0 Å². The van der Waals surface area contributed by atoms with Gasteiger partial charge in [0.2, 0.25) is 0 Å². The van der Waals surface area contributed by atoms with Gasteiger partial charge in [-0.2, -0.15) is 0 Å². The van der Waals surface area contributed by atoms with Gasteiger partial charge in [0.05, 0.1) is 5.41 Å². The molecule has 2 heterocycles. The highest BCUT2D eigenvalue weighted by Gasteiger charge is 2.66. The Morgan fingerprint density at radius 1 is 1.07 bits per heavy atom. The van der Waals surface area contributed by atoms with Crippen molar-refractivity contribution in [2.75, 3.05) is 0 Å². The van der Waals surface area contributed by atoms with Gasteiger partial charge in [-0.3, -0.25) is 0 Å². The molecule has 0 aromatic rings. The number of ether oxygens (including phenoxy) is 2. The molecule has 28 heavy (non-hydrogen) atoms. The van der Waals surface area contributed by atoms with E-state index in [-0.39, 0.29) is 17.9 Å². The summed E-state index contributed by atoms with van der Waals surface area (Å²) in [5, 5.41) is 0. The molecule has 1 unspecified atom stereocenters. The molecular weight excluding hydrogens is 352 g/mol. The molecule has 0 aromatic carbocycles. The molecule has 148 valence electrons. The molecule has 1 saturated carbocycles. The molecule has 6 rings (SSSR count). The van der Waals surface area contributed by atoms with Gasteiger partial charge in [-0.25, -0.2) is 9.59 Å². The summed E-state index contributed by atoms with van der Waals surface area (Å²) < 4.78 is 11.6. The first-order valence-electron chi connectivity index (χ1n) is 10.9. The van der Waals surface area contributed by atoms with Crippen LogP contribution in [0, 0.1) is 23.2 Å². The minimum atomic E-state index is -0.452. The Bertz CT molecular complexity index is 871. The van der Waals surface area contributed by atoms with Crippen molar-refractivity contribution in [2.45, 2.75) is 65.2 Å². The maximum absolute atomic E-state index is 13.0. The van der Waals surface area contributed by atoms with Crippen molar-refractivity contribution in [3.05, 3.63) is 46.5 Å². The minimum Gasteiger partial charge on any atom is -0.427 e. The third-order valence-corrected chi connectivity index (χ3v) is 7.43. The van der Waals surface area contributed by atoms with Crippen LogP contribution in [0.1, 0.15) is 65.2 Å². The molecule has 4 heteroatoms. The van der Waals surface area contributed by atoms with Crippen LogP contribution in [0.15, 0.2) is 46.5 Å². The summed E-state index contributed by atoms with van der Waals surface area (Å²) >= 11 is 0. The number of rotatable bonds is 4. The van der Waals surface area contributed by atoms with Crippen molar-refractivity contribution >= 4 is 11.9 Å². The second kappa shape index (κ2) is 6.47. The molecule has 1 spiro atoms. The first-order valence-corrected chi connectivity index (χ1v) is 10.9. The first kappa shape index (κ1) is 18.0. The second-order valence-corrected chi connectivity index (χ2v) is 8.82. The van der Waals surface area contributed by atoms with Crippen molar-refractivity contribution in [1.29, 1.82) is 0 Å². The smallest absolute Gasteiger partial charge is 0.340 e. The molecule has 0 amide bonds. The van der Waals surface area contributed by atoms with Crippen LogP contribution in [0.25, 0.3) is 0 Å².